The van der Waals surface area contributed by atoms with Gasteiger partial charge in [0.2, 0.25) is 0 Å². The Morgan fingerprint density at radius 1 is 0.882 bits per heavy atom. The molecule has 0 atom stereocenters. The smallest absolute Gasteiger partial charge is 0.147 e. The van der Waals surface area contributed by atoms with Gasteiger partial charge in [0.15, 0.2) is 0 Å². The molecule has 0 aliphatic carbocycles. The first-order valence-corrected chi connectivity index (χ1v) is 5.58. The maximum absolute atomic E-state index is 14.0. The highest BCUT2D eigenvalue weighted by Crippen LogP contribution is 2.35. The molecule has 0 radical (unpaired) electrons. The molecule has 17 heavy (non-hydrogen) atoms. The highest BCUT2D eigenvalue weighted by Gasteiger charge is 2.13. The average molecular weight is 232 g/mol. The van der Waals surface area contributed by atoms with Gasteiger partial charge in [-0.25, -0.2) is 4.39 Å². The van der Waals surface area contributed by atoms with Crippen LogP contribution in [0.5, 0.6) is 0 Å². The van der Waals surface area contributed by atoms with Crippen molar-refractivity contribution >= 4 is 22.1 Å². The van der Waals surface area contributed by atoms with Gasteiger partial charge in [0.25, 0.3) is 0 Å². The van der Waals surface area contributed by atoms with Gasteiger partial charge in [0, 0.05) is 39.3 Å². The summed E-state index contributed by atoms with van der Waals surface area (Å²) < 4.78 is 14.0. The summed E-state index contributed by atoms with van der Waals surface area (Å²) in [6, 6.07) is 9.36. The number of benzene rings is 2. The van der Waals surface area contributed by atoms with Crippen LogP contribution in [0.15, 0.2) is 30.3 Å². The SMILES string of the molecule is CN(C)c1cccc2ccc(F)c(N(C)C)c12. The molecule has 2 nitrogen and oxygen atoms in total. The second-order valence-electron chi connectivity index (χ2n) is 4.56. The number of halogens is 1. The van der Waals surface area contributed by atoms with Crippen molar-refractivity contribution in [3.63, 3.8) is 0 Å². The van der Waals surface area contributed by atoms with Crippen molar-refractivity contribution in [2.75, 3.05) is 38.0 Å². The fourth-order valence-corrected chi connectivity index (χ4v) is 2.13. The Morgan fingerprint density at radius 3 is 2.18 bits per heavy atom. The van der Waals surface area contributed by atoms with E-state index >= 15 is 0 Å². The molecule has 3 heteroatoms. The minimum atomic E-state index is -0.184. The fraction of sp³-hybridized carbons (Fsp3) is 0.286. The zero-order valence-corrected chi connectivity index (χ0v) is 10.7. The van der Waals surface area contributed by atoms with Gasteiger partial charge in [0.1, 0.15) is 5.82 Å². The monoisotopic (exact) mass is 232 g/mol. The molecule has 2 aromatic carbocycles. The van der Waals surface area contributed by atoms with Crippen LogP contribution in [0, 0.1) is 5.82 Å². The Kier molecular flexibility index (Phi) is 2.92. The van der Waals surface area contributed by atoms with Crippen LogP contribution in [0.2, 0.25) is 0 Å². The summed E-state index contributed by atoms with van der Waals surface area (Å²) in [4.78, 5) is 3.83. The summed E-state index contributed by atoms with van der Waals surface area (Å²) in [5.41, 5.74) is 1.68. The molecular formula is C14H17FN2. The number of rotatable bonds is 2. The zero-order valence-electron chi connectivity index (χ0n) is 10.7. The van der Waals surface area contributed by atoms with Crippen LogP contribution in [-0.2, 0) is 0 Å². The van der Waals surface area contributed by atoms with E-state index in [-0.39, 0.29) is 5.82 Å². The lowest BCUT2D eigenvalue weighted by atomic mass is 10.1. The largest absolute Gasteiger partial charge is 0.377 e. The van der Waals surface area contributed by atoms with Crippen LogP contribution in [0.1, 0.15) is 0 Å². The summed E-state index contributed by atoms with van der Waals surface area (Å²) in [5, 5.41) is 2.02. The van der Waals surface area contributed by atoms with Crippen LogP contribution in [0.3, 0.4) is 0 Å². The van der Waals surface area contributed by atoms with Crippen LogP contribution >= 0.6 is 0 Å². The van der Waals surface area contributed by atoms with Crippen molar-refractivity contribution in [1.29, 1.82) is 0 Å². The normalized spacial score (nSPS) is 10.6. The van der Waals surface area contributed by atoms with E-state index in [1.807, 2.05) is 62.3 Å². The number of nitrogens with zero attached hydrogens (tertiary/aromatic N) is 2. The summed E-state index contributed by atoms with van der Waals surface area (Å²) in [6.07, 6.45) is 0. The summed E-state index contributed by atoms with van der Waals surface area (Å²) in [7, 11) is 7.67. The van der Waals surface area contributed by atoms with E-state index in [0.29, 0.717) is 5.69 Å². The van der Waals surface area contributed by atoms with Crippen molar-refractivity contribution in [2.45, 2.75) is 0 Å². The van der Waals surface area contributed by atoms with E-state index in [0.717, 1.165) is 16.5 Å². The lowest BCUT2D eigenvalue weighted by molar-refractivity contribution is 0.628. The molecule has 0 fully saturated rings. The molecule has 2 rings (SSSR count). The van der Waals surface area contributed by atoms with E-state index in [4.69, 9.17) is 0 Å². The van der Waals surface area contributed by atoms with Crippen molar-refractivity contribution in [3.05, 3.63) is 36.1 Å². The van der Waals surface area contributed by atoms with Crippen molar-refractivity contribution in [3.8, 4) is 0 Å². The third-order valence-corrected chi connectivity index (χ3v) is 2.88. The molecule has 0 heterocycles. The fourth-order valence-electron chi connectivity index (χ4n) is 2.13. The zero-order chi connectivity index (χ0) is 12.6. The molecular weight excluding hydrogens is 215 g/mol. The first kappa shape index (κ1) is 11.7. The third-order valence-electron chi connectivity index (χ3n) is 2.88. The van der Waals surface area contributed by atoms with Gasteiger partial charge in [-0.3, -0.25) is 0 Å². The minimum absolute atomic E-state index is 0.184. The average Bonchev–Trinajstić information content (AvgIpc) is 2.27. The number of fused-ring (bicyclic) bond motifs is 1. The molecule has 0 spiro atoms. The molecule has 90 valence electrons. The van der Waals surface area contributed by atoms with Gasteiger partial charge in [0.05, 0.1) is 5.69 Å². The molecule has 2 aromatic rings. The lowest BCUT2D eigenvalue weighted by Gasteiger charge is -2.22. The molecule has 0 amide bonds. The number of hydrogen-bond donors (Lipinski definition) is 0. The summed E-state index contributed by atoms with van der Waals surface area (Å²) >= 11 is 0. The number of hydrogen-bond acceptors (Lipinski definition) is 2. The van der Waals surface area contributed by atoms with E-state index in [2.05, 4.69) is 0 Å². The first-order valence-electron chi connectivity index (χ1n) is 5.58. The molecule has 0 saturated heterocycles. The van der Waals surface area contributed by atoms with Crippen molar-refractivity contribution in [1.82, 2.24) is 0 Å². The molecule has 0 unspecified atom stereocenters. The molecule has 0 aromatic heterocycles. The van der Waals surface area contributed by atoms with Gasteiger partial charge in [-0.05, 0) is 17.5 Å². The van der Waals surface area contributed by atoms with Gasteiger partial charge in [-0.15, -0.1) is 0 Å². The standard InChI is InChI=1S/C14H17FN2/c1-16(2)12-7-5-6-10-8-9-11(15)14(13(10)12)17(3)4/h5-9H,1-4H3. The quantitative estimate of drug-likeness (QED) is 0.785. The van der Waals surface area contributed by atoms with E-state index in [1.165, 1.54) is 6.07 Å². The topological polar surface area (TPSA) is 6.48 Å². The molecule has 0 bridgehead atoms. The molecule has 0 aliphatic rings. The van der Waals surface area contributed by atoms with Crippen LogP contribution in [-0.4, -0.2) is 28.2 Å². The molecule has 0 N–H and O–H groups in total. The van der Waals surface area contributed by atoms with Gasteiger partial charge in [-0.2, -0.15) is 0 Å². The van der Waals surface area contributed by atoms with E-state index in [9.17, 15) is 4.39 Å². The Morgan fingerprint density at radius 2 is 1.59 bits per heavy atom. The Balaban J connectivity index is 2.89. The second-order valence-corrected chi connectivity index (χ2v) is 4.56. The van der Waals surface area contributed by atoms with Crippen molar-refractivity contribution in [2.24, 2.45) is 0 Å². The minimum Gasteiger partial charge on any atom is -0.377 e. The maximum Gasteiger partial charge on any atom is 0.147 e. The first-order chi connectivity index (χ1) is 8.02. The predicted molar refractivity (Wildman–Crippen MR) is 72.6 cm³/mol. The van der Waals surface area contributed by atoms with E-state index < -0.39 is 0 Å². The third kappa shape index (κ3) is 1.93. The Hall–Kier alpha value is -1.77. The van der Waals surface area contributed by atoms with Crippen LogP contribution in [0.25, 0.3) is 10.8 Å². The molecule has 0 aliphatic heterocycles. The Bertz CT molecular complexity index is 547. The number of anilines is 2. The van der Waals surface area contributed by atoms with Gasteiger partial charge < -0.3 is 9.80 Å². The lowest BCUT2D eigenvalue weighted by Crippen LogP contribution is -2.14. The maximum atomic E-state index is 14.0. The summed E-state index contributed by atoms with van der Waals surface area (Å²) in [5.74, 6) is -0.184. The Labute approximate surface area is 101 Å². The highest BCUT2D eigenvalue weighted by atomic mass is 19.1. The van der Waals surface area contributed by atoms with Crippen molar-refractivity contribution < 1.29 is 4.39 Å². The summed E-state index contributed by atoms with van der Waals surface area (Å²) in [6.45, 7) is 0. The second kappa shape index (κ2) is 4.24. The molecule has 0 saturated carbocycles. The van der Waals surface area contributed by atoms with Crippen LogP contribution < -0.4 is 9.80 Å². The van der Waals surface area contributed by atoms with Crippen LogP contribution in [0.4, 0.5) is 15.8 Å². The van der Waals surface area contributed by atoms with E-state index in [1.54, 1.807) is 0 Å². The highest BCUT2D eigenvalue weighted by molar-refractivity contribution is 6.03. The predicted octanol–water partition coefficient (Wildman–Crippen LogP) is 3.11. The van der Waals surface area contributed by atoms with Gasteiger partial charge in [-0.1, -0.05) is 18.2 Å². The van der Waals surface area contributed by atoms with Gasteiger partial charge >= 0.3 is 0 Å².